The summed E-state index contributed by atoms with van der Waals surface area (Å²) < 4.78 is 9.31. The predicted octanol–water partition coefficient (Wildman–Crippen LogP) is -0.314. The van der Waals surface area contributed by atoms with Crippen molar-refractivity contribution >= 4 is 24.0 Å². The number of hydrazone groups is 1. The van der Waals surface area contributed by atoms with Gasteiger partial charge in [-0.05, 0) is 17.7 Å². The molecule has 0 saturated heterocycles. The van der Waals surface area contributed by atoms with Crippen molar-refractivity contribution in [3.05, 3.63) is 35.4 Å². The van der Waals surface area contributed by atoms with Gasteiger partial charge in [-0.1, -0.05) is 12.1 Å². The van der Waals surface area contributed by atoms with Crippen molar-refractivity contribution in [1.29, 1.82) is 0 Å². The van der Waals surface area contributed by atoms with E-state index in [2.05, 4.69) is 20.6 Å². The average Bonchev–Trinajstić information content (AvgIpc) is 2.54. The lowest BCUT2D eigenvalue weighted by Crippen LogP contribution is -2.39. The highest BCUT2D eigenvalue weighted by atomic mass is 16.5. The summed E-state index contributed by atoms with van der Waals surface area (Å²) in [7, 11) is 2.78. The van der Waals surface area contributed by atoms with E-state index >= 15 is 0 Å². The Morgan fingerprint density at radius 1 is 1.14 bits per heavy atom. The molecule has 0 aliphatic carbocycles. The van der Waals surface area contributed by atoms with Gasteiger partial charge in [-0.25, -0.2) is 10.2 Å². The van der Waals surface area contributed by atoms with Crippen LogP contribution >= 0.6 is 0 Å². The van der Waals surface area contributed by atoms with Crippen LogP contribution in [0.4, 0.5) is 0 Å². The number of esters is 1. The topological polar surface area (TPSA) is 106 Å². The minimum Gasteiger partial charge on any atom is -0.465 e. The van der Waals surface area contributed by atoms with Crippen LogP contribution in [0.3, 0.4) is 0 Å². The summed E-state index contributed by atoms with van der Waals surface area (Å²) in [6.45, 7) is 0.552. The Kier molecular flexibility index (Phi) is 7.27. The van der Waals surface area contributed by atoms with E-state index in [1.807, 2.05) is 0 Å². The number of hydrogen-bond acceptors (Lipinski definition) is 6. The lowest BCUT2D eigenvalue weighted by molar-refractivity contribution is -0.139. The molecule has 1 rings (SSSR count). The number of ether oxygens (including phenoxy) is 2. The molecule has 118 valence electrons. The van der Waals surface area contributed by atoms with Crippen LogP contribution in [0.1, 0.15) is 15.9 Å². The molecule has 0 aliphatic rings. The number of rotatable bonds is 6. The quantitative estimate of drug-likeness (QED) is 0.246. The van der Waals surface area contributed by atoms with Gasteiger partial charge in [0.1, 0.15) is 0 Å². The van der Waals surface area contributed by atoms with Gasteiger partial charge >= 0.3 is 17.8 Å². The minimum absolute atomic E-state index is 0.238. The third-order valence-electron chi connectivity index (χ3n) is 2.51. The van der Waals surface area contributed by atoms with E-state index < -0.39 is 17.8 Å². The van der Waals surface area contributed by atoms with E-state index in [1.165, 1.54) is 20.4 Å². The molecule has 0 spiro atoms. The number of nitrogens with zero attached hydrogens (tertiary/aromatic N) is 1. The standard InChI is InChI=1S/C14H17N3O5/c1-21-8-7-15-12(18)13(19)17-16-9-10-3-5-11(6-4-10)14(20)22-2/h3-6,9H,7-8H2,1-2H3,(H,15,18)(H,17,19). The van der Waals surface area contributed by atoms with E-state index in [-0.39, 0.29) is 6.54 Å². The molecule has 0 aliphatic heterocycles. The second kappa shape index (κ2) is 9.24. The van der Waals surface area contributed by atoms with Gasteiger partial charge in [0.05, 0.1) is 25.5 Å². The first-order valence-electron chi connectivity index (χ1n) is 6.37. The van der Waals surface area contributed by atoms with Crippen LogP contribution in [0.25, 0.3) is 0 Å². The Hall–Kier alpha value is -2.74. The molecular formula is C14H17N3O5. The maximum atomic E-state index is 11.4. The maximum Gasteiger partial charge on any atom is 0.337 e. The van der Waals surface area contributed by atoms with Crippen LogP contribution in [0.2, 0.25) is 0 Å². The van der Waals surface area contributed by atoms with E-state index in [1.54, 1.807) is 24.3 Å². The molecule has 2 amide bonds. The molecule has 0 unspecified atom stereocenters. The maximum absolute atomic E-state index is 11.4. The first kappa shape index (κ1) is 17.3. The molecule has 0 heterocycles. The Bertz CT molecular complexity index is 554. The Labute approximate surface area is 127 Å². The summed E-state index contributed by atoms with van der Waals surface area (Å²) >= 11 is 0. The van der Waals surface area contributed by atoms with Gasteiger partial charge in [0.15, 0.2) is 0 Å². The lowest BCUT2D eigenvalue weighted by atomic mass is 10.1. The molecule has 0 atom stereocenters. The van der Waals surface area contributed by atoms with E-state index in [0.717, 1.165) is 0 Å². The highest BCUT2D eigenvalue weighted by molar-refractivity contribution is 6.35. The zero-order chi connectivity index (χ0) is 16.4. The van der Waals surface area contributed by atoms with Gasteiger partial charge in [-0.3, -0.25) is 9.59 Å². The fourth-order valence-electron chi connectivity index (χ4n) is 1.39. The van der Waals surface area contributed by atoms with Crippen molar-refractivity contribution in [1.82, 2.24) is 10.7 Å². The van der Waals surface area contributed by atoms with E-state index in [0.29, 0.717) is 17.7 Å². The smallest absolute Gasteiger partial charge is 0.337 e. The highest BCUT2D eigenvalue weighted by Crippen LogP contribution is 2.03. The zero-order valence-corrected chi connectivity index (χ0v) is 12.3. The van der Waals surface area contributed by atoms with Crippen LogP contribution in [0, 0.1) is 0 Å². The summed E-state index contributed by atoms with van der Waals surface area (Å²) in [5.74, 6) is -2.11. The molecule has 0 radical (unpaired) electrons. The van der Waals surface area contributed by atoms with E-state index in [9.17, 15) is 14.4 Å². The monoisotopic (exact) mass is 307 g/mol. The fourth-order valence-corrected chi connectivity index (χ4v) is 1.39. The van der Waals surface area contributed by atoms with Gasteiger partial charge in [0.2, 0.25) is 0 Å². The molecule has 8 nitrogen and oxygen atoms in total. The fraction of sp³-hybridized carbons (Fsp3) is 0.286. The number of carbonyl (C=O) groups excluding carboxylic acids is 3. The lowest BCUT2D eigenvalue weighted by Gasteiger charge is -2.02. The number of benzene rings is 1. The molecule has 1 aromatic rings. The van der Waals surface area contributed by atoms with Crippen LogP contribution in [-0.2, 0) is 19.1 Å². The van der Waals surface area contributed by atoms with Crippen molar-refractivity contribution in [3.63, 3.8) is 0 Å². The van der Waals surface area contributed by atoms with Crippen molar-refractivity contribution in [2.24, 2.45) is 5.10 Å². The first-order valence-corrected chi connectivity index (χ1v) is 6.37. The average molecular weight is 307 g/mol. The Balaban J connectivity index is 2.46. The SMILES string of the molecule is COCCNC(=O)C(=O)NN=Cc1ccc(C(=O)OC)cc1. The summed E-state index contributed by atoms with van der Waals surface area (Å²) in [5.41, 5.74) is 3.14. The second-order valence-corrected chi connectivity index (χ2v) is 4.06. The number of amides is 2. The summed E-state index contributed by atoms with van der Waals surface area (Å²) in [6, 6.07) is 6.38. The third kappa shape index (κ3) is 5.71. The molecule has 1 aromatic carbocycles. The molecule has 0 saturated carbocycles. The van der Waals surface area contributed by atoms with Gasteiger partial charge in [-0.15, -0.1) is 0 Å². The summed E-state index contributed by atoms with van der Waals surface area (Å²) in [4.78, 5) is 33.9. The normalized spacial score (nSPS) is 10.3. The van der Waals surface area contributed by atoms with Crippen molar-refractivity contribution in [2.75, 3.05) is 27.4 Å². The van der Waals surface area contributed by atoms with Crippen LogP contribution in [0.5, 0.6) is 0 Å². The van der Waals surface area contributed by atoms with Gasteiger partial charge in [-0.2, -0.15) is 5.10 Å². The molecule has 0 aromatic heterocycles. The summed E-state index contributed by atoms with van der Waals surface area (Å²) in [6.07, 6.45) is 1.35. The number of carbonyl (C=O) groups is 3. The van der Waals surface area contributed by atoms with Crippen LogP contribution < -0.4 is 10.7 Å². The number of nitrogens with one attached hydrogen (secondary N) is 2. The molecule has 0 fully saturated rings. The Morgan fingerprint density at radius 2 is 1.82 bits per heavy atom. The predicted molar refractivity (Wildman–Crippen MR) is 78.4 cm³/mol. The largest absolute Gasteiger partial charge is 0.465 e. The Morgan fingerprint density at radius 3 is 2.41 bits per heavy atom. The van der Waals surface area contributed by atoms with Crippen molar-refractivity contribution in [2.45, 2.75) is 0 Å². The molecule has 8 heteroatoms. The molecule has 2 N–H and O–H groups in total. The highest BCUT2D eigenvalue weighted by Gasteiger charge is 2.11. The number of hydrogen-bond donors (Lipinski definition) is 2. The van der Waals surface area contributed by atoms with Gasteiger partial charge < -0.3 is 14.8 Å². The van der Waals surface area contributed by atoms with Gasteiger partial charge in [0.25, 0.3) is 0 Å². The minimum atomic E-state index is -0.876. The first-order chi connectivity index (χ1) is 10.6. The third-order valence-corrected chi connectivity index (χ3v) is 2.51. The van der Waals surface area contributed by atoms with Gasteiger partial charge in [0, 0.05) is 13.7 Å². The summed E-state index contributed by atoms with van der Waals surface area (Å²) in [5, 5.41) is 6.01. The van der Waals surface area contributed by atoms with Crippen LogP contribution in [0.15, 0.2) is 29.4 Å². The second-order valence-electron chi connectivity index (χ2n) is 4.06. The van der Waals surface area contributed by atoms with Crippen LogP contribution in [-0.4, -0.2) is 51.4 Å². The molecule has 0 bridgehead atoms. The zero-order valence-electron chi connectivity index (χ0n) is 12.3. The van der Waals surface area contributed by atoms with Crippen molar-refractivity contribution < 1.29 is 23.9 Å². The molecule has 22 heavy (non-hydrogen) atoms. The number of methoxy groups -OCH3 is 2. The molecular weight excluding hydrogens is 290 g/mol. The van der Waals surface area contributed by atoms with E-state index in [4.69, 9.17) is 4.74 Å². The van der Waals surface area contributed by atoms with Crippen molar-refractivity contribution in [3.8, 4) is 0 Å².